The fourth-order valence-electron chi connectivity index (χ4n) is 1.47. The maximum absolute atomic E-state index is 11.7. The highest BCUT2D eigenvalue weighted by Crippen LogP contribution is 2.33. The number of carbonyl (C=O) groups excluding carboxylic acids is 1. The Morgan fingerprint density at radius 3 is 2.21 bits per heavy atom. The molecule has 1 aromatic rings. The van der Waals surface area contributed by atoms with Crippen molar-refractivity contribution in [3.8, 4) is 11.5 Å². The van der Waals surface area contributed by atoms with Crippen LogP contribution in [0.3, 0.4) is 0 Å². The maximum Gasteiger partial charge on any atom is 0.315 e. The lowest BCUT2D eigenvalue weighted by atomic mass is 10.1. The van der Waals surface area contributed by atoms with Gasteiger partial charge in [0.05, 0.1) is 14.2 Å². The normalized spacial score (nSPS) is 11.6. The maximum atomic E-state index is 11.7. The minimum atomic E-state index is -1.17. The summed E-state index contributed by atoms with van der Waals surface area (Å²) in [5.74, 6) is -1.86. The van der Waals surface area contributed by atoms with Crippen LogP contribution in [0, 0.1) is 12.8 Å². The molecule has 0 spiro atoms. The van der Waals surface area contributed by atoms with Crippen LogP contribution >= 0.6 is 0 Å². The van der Waals surface area contributed by atoms with Crippen molar-refractivity contribution in [3.05, 3.63) is 17.7 Å². The number of benzene rings is 1. The second-order valence-electron chi connectivity index (χ2n) is 4.07. The third kappa shape index (κ3) is 3.37. The first-order valence-corrected chi connectivity index (χ1v) is 5.67. The molecule has 0 heterocycles. The molecule has 0 aliphatic rings. The van der Waals surface area contributed by atoms with Gasteiger partial charge < -0.3 is 19.9 Å². The summed E-state index contributed by atoms with van der Waals surface area (Å²) in [5.41, 5.74) is 1.25. The number of anilines is 1. The number of rotatable bonds is 5. The highest BCUT2D eigenvalue weighted by molar-refractivity contribution is 6.04. The smallest absolute Gasteiger partial charge is 0.315 e. The summed E-state index contributed by atoms with van der Waals surface area (Å²) in [6, 6.07) is 3.31. The van der Waals surface area contributed by atoms with Crippen LogP contribution < -0.4 is 14.8 Å². The second kappa shape index (κ2) is 6.08. The number of methoxy groups -OCH3 is 2. The molecule has 0 aliphatic heterocycles. The molecule has 2 N–H and O–H groups in total. The quantitative estimate of drug-likeness (QED) is 0.793. The topological polar surface area (TPSA) is 84.9 Å². The Morgan fingerprint density at radius 1 is 1.21 bits per heavy atom. The molecule has 104 valence electrons. The molecule has 0 bridgehead atoms. The molecule has 1 amide bonds. The van der Waals surface area contributed by atoms with E-state index in [1.54, 1.807) is 19.1 Å². The van der Waals surface area contributed by atoms with Gasteiger partial charge in [-0.15, -0.1) is 0 Å². The van der Waals surface area contributed by atoms with Gasteiger partial charge in [0.15, 0.2) is 11.5 Å². The van der Waals surface area contributed by atoms with Crippen LogP contribution in [0.5, 0.6) is 11.5 Å². The zero-order valence-electron chi connectivity index (χ0n) is 11.3. The van der Waals surface area contributed by atoms with Gasteiger partial charge in [0.1, 0.15) is 5.92 Å². The summed E-state index contributed by atoms with van der Waals surface area (Å²) in [6.45, 7) is 3.11. The van der Waals surface area contributed by atoms with Crippen molar-refractivity contribution in [2.24, 2.45) is 5.92 Å². The number of nitrogens with one attached hydrogen (secondary N) is 1. The van der Waals surface area contributed by atoms with Crippen LogP contribution in [0.2, 0.25) is 0 Å². The van der Waals surface area contributed by atoms with E-state index in [-0.39, 0.29) is 0 Å². The van der Waals surface area contributed by atoms with Crippen LogP contribution in [0.15, 0.2) is 12.1 Å². The number of aryl methyl sites for hydroxylation is 1. The lowest BCUT2D eigenvalue weighted by molar-refractivity contribution is -0.144. The molecule has 1 atom stereocenters. The SMILES string of the molecule is COc1cc(C)c(NC(=O)C(C)C(=O)O)cc1OC. The zero-order chi connectivity index (χ0) is 14.6. The Morgan fingerprint density at radius 2 is 1.74 bits per heavy atom. The summed E-state index contributed by atoms with van der Waals surface area (Å²) < 4.78 is 10.3. The number of ether oxygens (including phenoxy) is 2. The van der Waals surface area contributed by atoms with Crippen molar-refractivity contribution >= 4 is 17.6 Å². The Kier molecular flexibility index (Phi) is 4.74. The largest absolute Gasteiger partial charge is 0.493 e. The average molecular weight is 267 g/mol. The van der Waals surface area contributed by atoms with Gasteiger partial charge >= 0.3 is 5.97 Å². The molecule has 1 unspecified atom stereocenters. The van der Waals surface area contributed by atoms with Crippen molar-refractivity contribution in [2.45, 2.75) is 13.8 Å². The number of carboxylic acid groups (broad SMARTS) is 1. The fourth-order valence-corrected chi connectivity index (χ4v) is 1.47. The van der Waals surface area contributed by atoms with Crippen LogP contribution in [-0.4, -0.2) is 31.2 Å². The van der Waals surface area contributed by atoms with Gasteiger partial charge in [-0.05, 0) is 25.5 Å². The standard InChI is InChI=1S/C13H17NO5/c1-7-5-10(18-3)11(19-4)6-9(7)14-12(15)8(2)13(16)17/h5-6,8H,1-4H3,(H,14,15)(H,16,17). The number of hydrogen-bond donors (Lipinski definition) is 2. The van der Waals surface area contributed by atoms with E-state index in [9.17, 15) is 9.59 Å². The van der Waals surface area contributed by atoms with Gasteiger partial charge in [0.25, 0.3) is 0 Å². The number of carboxylic acids is 1. The number of carbonyl (C=O) groups is 2. The number of aliphatic carboxylic acids is 1. The first kappa shape index (κ1) is 14.8. The molecule has 0 fully saturated rings. The van der Waals surface area contributed by atoms with E-state index in [1.807, 2.05) is 0 Å². The third-order valence-electron chi connectivity index (χ3n) is 2.75. The first-order valence-electron chi connectivity index (χ1n) is 5.67. The molecular weight excluding hydrogens is 250 g/mol. The van der Waals surface area contributed by atoms with E-state index in [2.05, 4.69) is 5.32 Å². The number of hydrogen-bond acceptors (Lipinski definition) is 4. The summed E-state index contributed by atoms with van der Waals surface area (Å²) in [6.07, 6.45) is 0. The summed E-state index contributed by atoms with van der Waals surface area (Å²) in [4.78, 5) is 22.4. The summed E-state index contributed by atoms with van der Waals surface area (Å²) in [7, 11) is 3.00. The molecule has 6 nitrogen and oxygen atoms in total. The Labute approximate surface area is 111 Å². The monoisotopic (exact) mass is 267 g/mol. The lowest BCUT2D eigenvalue weighted by Crippen LogP contribution is -2.27. The van der Waals surface area contributed by atoms with Gasteiger partial charge in [-0.1, -0.05) is 0 Å². The third-order valence-corrected chi connectivity index (χ3v) is 2.75. The van der Waals surface area contributed by atoms with Gasteiger partial charge in [-0.2, -0.15) is 0 Å². The molecule has 1 rings (SSSR count). The minimum absolute atomic E-state index is 0.464. The van der Waals surface area contributed by atoms with Gasteiger partial charge in [-0.3, -0.25) is 9.59 Å². The molecule has 0 aliphatic carbocycles. The number of amides is 1. The van der Waals surface area contributed by atoms with E-state index in [0.29, 0.717) is 17.2 Å². The highest BCUT2D eigenvalue weighted by Gasteiger charge is 2.21. The molecule has 0 aromatic heterocycles. The molecule has 6 heteroatoms. The predicted octanol–water partition coefficient (Wildman–Crippen LogP) is 1.67. The van der Waals surface area contributed by atoms with Gasteiger partial charge in [0.2, 0.25) is 5.91 Å². The predicted molar refractivity (Wildman–Crippen MR) is 69.7 cm³/mol. The summed E-state index contributed by atoms with van der Waals surface area (Å²) >= 11 is 0. The van der Waals surface area contributed by atoms with Crippen molar-refractivity contribution < 1.29 is 24.2 Å². The molecule has 0 saturated carbocycles. The van der Waals surface area contributed by atoms with E-state index in [0.717, 1.165) is 5.56 Å². The molecule has 0 radical (unpaired) electrons. The molecule has 19 heavy (non-hydrogen) atoms. The Balaban J connectivity index is 3.02. The van der Waals surface area contributed by atoms with Crippen LogP contribution in [-0.2, 0) is 9.59 Å². The van der Waals surface area contributed by atoms with E-state index in [4.69, 9.17) is 14.6 Å². The van der Waals surface area contributed by atoms with Gasteiger partial charge in [0, 0.05) is 11.8 Å². The molecule has 0 saturated heterocycles. The van der Waals surface area contributed by atoms with E-state index in [1.165, 1.54) is 21.1 Å². The lowest BCUT2D eigenvalue weighted by Gasteiger charge is -2.14. The average Bonchev–Trinajstić information content (AvgIpc) is 2.39. The second-order valence-corrected chi connectivity index (χ2v) is 4.07. The molecule has 1 aromatic carbocycles. The zero-order valence-corrected chi connectivity index (χ0v) is 11.3. The minimum Gasteiger partial charge on any atom is -0.493 e. The Bertz CT molecular complexity index is 498. The van der Waals surface area contributed by atoms with E-state index >= 15 is 0 Å². The van der Waals surface area contributed by atoms with Crippen LogP contribution in [0.1, 0.15) is 12.5 Å². The van der Waals surface area contributed by atoms with Crippen molar-refractivity contribution in [1.82, 2.24) is 0 Å². The first-order chi connectivity index (χ1) is 8.90. The van der Waals surface area contributed by atoms with Gasteiger partial charge in [-0.25, -0.2) is 0 Å². The molecular formula is C13H17NO5. The van der Waals surface area contributed by atoms with Crippen molar-refractivity contribution in [1.29, 1.82) is 0 Å². The highest BCUT2D eigenvalue weighted by atomic mass is 16.5. The van der Waals surface area contributed by atoms with Crippen molar-refractivity contribution in [3.63, 3.8) is 0 Å². The Hall–Kier alpha value is -2.24. The van der Waals surface area contributed by atoms with Crippen LogP contribution in [0.4, 0.5) is 5.69 Å². The summed E-state index contributed by atoms with van der Waals surface area (Å²) in [5, 5.41) is 11.3. The van der Waals surface area contributed by atoms with E-state index < -0.39 is 17.8 Å². The van der Waals surface area contributed by atoms with Crippen molar-refractivity contribution in [2.75, 3.05) is 19.5 Å². The fraction of sp³-hybridized carbons (Fsp3) is 0.385. The van der Waals surface area contributed by atoms with Crippen LogP contribution in [0.25, 0.3) is 0 Å².